The molecular weight excluding hydrogens is 247 g/mol. The van der Waals surface area contributed by atoms with Crippen LogP contribution in [0.4, 0.5) is 0 Å². The number of hydrogen-bond donors (Lipinski definition) is 0. The Labute approximate surface area is 79.3 Å². The molecule has 0 unspecified atom stereocenters. The normalized spacial score (nSPS) is 10.9. The number of rotatable bonds is 5. The van der Waals surface area contributed by atoms with Gasteiger partial charge >= 0.3 is 12.0 Å². The topological polar surface area (TPSA) is 71.9 Å². The van der Waals surface area contributed by atoms with E-state index in [4.69, 9.17) is 14.6 Å². The molecule has 0 fully saturated rings. The molecule has 0 aromatic heterocycles. The summed E-state index contributed by atoms with van der Waals surface area (Å²) < 4.78 is 21.0. The van der Waals surface area contributed by atoms with Gasteiger partial charge in [0.05, 0.1) is 29.1 Å². The quantitative estimate of drug-likeness (QED) is 0.328. The van der Waals surface area contributed by atoms with E-state index in [1.807, 2.05) is 0 Å². The van der Waals surface area contributed by atoms with Crippen LogP contribution >= 0.6 is 23.5 Å². The van der Waals surface area contributed by atoms with Gasteiger partial charge in [-0.25, -0.2) is 4.57 Å². The predicted molar refractivity (Wildman–Crippen MR) is 48.4 cm³/mol. The van der Waals surface area contributed by atoms with Crippen LogP contribution in [0.5, 0.6) is 0 Å². The third kappa shape index (κ3) is 3.17. The van der Waals surface area contributed by atoms with Gasteiger partial charge < -0.3 is 14.6 Å². The summed E-state index contributed by atoms with van der Waals surface area (Å²) in [5.41, 5.74) is 8.33. The largest absolute Gasteiger partial charge is 0.450 e. The van der Waals surface area contributed by atoms with E-state index in [1.54, 1.807) is 13.8 Å². The number of hydrogen-bond acceptors (Lipinski definition) is 3. The molecule has 7 heteroatoms. The summed E-state index contributed by atoms with van der Waals surface area (Å²) in [5.74, 6) is 0. The molecule has 70 valence electrons. The molecule has 0 bridgehead atoms. The lowest BCUT2D eigenvalue weighted by Gasteiger charge is -2.08. The van der Waals surface area contributed by atoms with Crippen molar-refractivity contribution in [2.45, 2.75) is 13.8 Å². The molecule has 0 aliphatic carbocycles. The molecule has 0 radical (unpaired) electrons. The highest BCUT2D eigenvalue weighted by Crippen LogP contribution is 2.50. The Bertz CT molecular complexity index is 229. The Balaban J connectivity index is 4.62. The lowest BCUT2D eigenvalue weighted by molar-refractivity contribution is 0.00214. The van der Waals surface area contributed by atoms with Crippen molar-refractivity contribution in [1.29, 1.82) is 0 Å². The van der Waals surface area contributed by atoms with Crippen molar-refractivity contribution in [1.82, 2.24) is 0 Å². The first-order chi connectivity index (χ1) is 5.60. The molecular formula is C5H10BrN2O3P. The molecule has 0 spiro atoms. The van der Waals surface area contributed by atoms with Crippen molar-refractivity contribution in [3.8, 4) is 0 Å². The maximum absolute atomic E-state index is 11.6. The minimum absolute atomic E-state index is 0.210. The van der Waals surface area contributed by atoms with E-state index in [2.05, 4.69) is 20.7 Å². The zero-order chi connectivity index (χ0) is 9.61. The zero-order valence-corrected chi connectivity index (χ0v) is 9.34. The second-order valence-corrected chi connectivity index (χ2v) is 5.00. The summed E-state index contributed by atoms with van der Waals surface area (Å²) >= 11 is 2.79. The van der Waals surface area contributed by atoms with Crippen LogP contribution in [0, 0.1) is 0 Å². The smallest absolute Gasteiger partial charge is 0.360 e. The van der Waals surface area contributed by atoms with Crippen LogP contribution in [-0.4, -0.2) is 22.4 Å². The molecule has 0 aromatic rings. The molecule has 0 N–H and O–H groups in total. The standard InChI is InChI=1S/C5H10BrN2O3P/c1-3-10-12(9,11-4-2)5(6)8-7/h3-4H2,1-2H3. The van der Waals surface area contributed by atoms with Gasteiger partial charge in [0.15, 0.2) is 0 Å². The summed E-state index contributed by atoms with van der Waals surface area (Å²) in [6.45, 7) is 3.79. The van der Waals surface area contributed by atoms with Gasteiger partial charge in [-0.15, -0.1) is 4.79 Å². The highest BCUT2D eigenvalue weighted by atomic mass is 79.9. The van der Waals surface area contributed by atoms with E-state index in [1.165, 1.54) is 0 Å². The van der Waals surface area contributed by atoms with E-state index in [0.29, 0.717) is 0 Å². The average Bonchev–Trinajstić information content (AvgIpc) is 2.04. The van der Waals surface area contributed by atoms with Crippen molar-refractivity contribution in [2.75, 3.05) is 13.2 Å². The van der Waals surface area contributed by atoms with Crippen LogP contribution in [-0.2, 0) is 13.6 Å². The fourth-order valence-electron chi connectivity index (χ4n) is 0.538. The van der Waals surface area contributed by atoms with Crippen LogP contribution in [0.2, 0.25) is 0 Å². The molecule has 12 heavy (non-hydrogen) atoms. The molecule has 0 atom stereocenters. The average molecular weight is 257 g/mol. The molecule has 0 aliphatic heterocycles. The summed E-state index contributed by atoms with van der Waals surface area (Å²) in [5, 5.41) is 0. The number of nitrogens with zero attached hydrogens (tertiary/aromatic N) is 2. The Kier molecular flexibility index (Phi) is 5.63. The van der Waals surface area contributed by atoms with Gasteiger partial charge in [-0.1, -0.05) is 0 Å². The SMILES string of the molecule is CCOP(=O)(OCC)C(Br)=[N+]=[N-]. The predicted octanol–water partition coefficient (Wildman–Crippen LogP) is 2.23. The van der Waals surface area contributed by atoms with Gasteiger partial charge in [0, 0.05) is 0 Å². The summed E-state index contributed by atoms with van der Waals surface area (Å²) in [6.07, 6.45) is 0. The fraction of sp³-hybridized carbons (Fsp3) is 0.800. The van der Waals surface area contributed by atoms with E-state index < -0.39 is 7.60 Å². The Morgan fingerprint density at radius 1 is 1.50 bits per heavy atom. The Morgan fingerprint density at radius 2 is 1.92 bits per heavy atom. The van der Waals surface area contributed by atoms with Crippen molar-refractivity contribution < 1.29 is 18.4 Å². The van der Waals surface area contributed by atoms with Gasteiger partial charge in [0.2, 0.25) is 0 Å². The minimum atomic E-state index is -3.39. The van der Waals surface area contributed by atoms with Gasteiger partial charge in [-0.05, 0) is 13.8 Å². The van der Waals surface area contributed by atoms with Gasteiger partial charge in [-0.2, -0.15) is 0 Å². The molecule has 0 rings (SSSR count). The van der Waals surface area contributed by atoms with Crippen LogP contribution in [0.25, 0.3) is 5.53 Å². The van der Waals surface area contributed by atoms with Crippen LogP contribution in [0.3, 0.4) is 0 Å². The van der Waals surface area contributed by atoms with Gasteiger partial charge in [-0.3, -0.25) is 0 Å². The van der Waals surface area contributed by atoms with Crippen molar-refractivity contribution in [2.24, 2.45) is 0 Å². The fourth-order valence-corrected chi connectivity index (χ4v) is 2.23. The minimum Gasteiger partial charge on any atom is -0.360 e. The summed E-state index contributed by atoms with van der Waals surface area (Å²) in [7, 11) is -3.39. The molecule has 5 nitrogen and oxygen atoms in total. The molecule has 0 heterocycles. The molecule has 0 saturated heterocycles. The van der Waals surface area contributed by atoms with Crippen LogP contribution < -0.4 is 0 Å². The van der Waals surface area contributed by atoms with Crippen LogP contribution in [0.1, 0.15) is 13.8 Å². The second kappa shape index (κ2) is 5.62. The van der Waals surface area contributed by atoms with Crippen molar-refractivity contribution in [3.63, 3.8) is 0 Å². The summed E-state index contributed by atoms with van der Waals surface area (Å²) in [6, 6.07) is 0. The zero-order valence-electron chi connectivity index (χ0n) is 6.86. The Morgan fingerprint density at radius 3 is 2.17 bits per heavy atom. The van der Waals surface area contributed by atoms with E-state index in [-0.39, 0.29) is 17.6 Å². The molecule has 0 saturated carbocycles. The maximum Gasteiger partial charge on any atom is 0.450 e. The Hall–Kier alpha value is 0.0100. The number of halogens is 1. The van der Waals surface area contributed by atoms with E-state index in [9.17, 15) is 4.57 Å². The van der Waals surface area contributed by atoms with Crippen LogP contribution in [0.15, 0.2) is 0 Å². The van der Waals surface area contributed by atoms with Crippen molar-refractivity contribution >= 4 is 27.9 Å². The second-order valence-electron chi connectivity index (χ2n) is 1.70. The van der Waals surface area contributed by atoms with Gasteiger partial charge in [0.25, 0.3) is 0 Å². The third-order valence-corrected chi connectivity index (χ3v) is 4.11. The highest BCUT2D eigenvalue weighted by molar-refractivity contribution is 9.20. The first-order valence-corrected chi connectivity index (χ1v) is 5.71. The molecule has 0 amide bonds. The highest BCUT2D eigenvalue weighted by Gasteiger charge is 2.37. The van der Waals surface area contributed by atoms with Gasteiger partial charge in [0.1, 0.15) is 0 Å². The van der Waals surface area contributed by atoms with E-state index >= 15 is 0 Å². The third-order valence-electron chi connectivity index (χ3n) is 0.907. The first-order valence-electron chi connectivity index (χ1n) is 3.38. The lowest BCUT2D eigenvalue weighted by atomic mass is 10.9. The molecule has 0 aliphatic rings. The molecule has 0 aromatic carbocycles. The first kappa shape index (κ1) is 12.0. The maximum atomic E-state index is 11.6. The summed E-state index contributed by atoms with van der Waals surface area (Å²) in [4.78, 5) is 2.72. The van der Waals surface area contributed by atoms with E-state index in [0.717, 1.165) is 0 Å². The van der Waals surface area contributed by atoms with Crippen molar-refractivity contribution in [3.05, 3.63) is 5.53 Å². The monoisotopic (exact) mass is 256 g/mol. The lowest BCUT2D eigenvalue weighted by Crippen LogP contribution is -2.01.